The van der Waals surface area contributed by atoms with Gasteiger partial charge in [0.25, 0.3) is 0 Å². The molecule has 0 aliphatic carbocycles. The molecule has 11 heteroatoms. The number of ether oxygens (including phenoxy) is 1. The van der Waals surface area contributed by atoms with Crippen molar-refractivity contribution < 1.29 is 19.0 Å². The number of halogens is 1. The minimum absolute atomic E-state index is 0.167. The SMILES string of the molecule is C=NC(=N/C=N\c1cnc(C)s1)c1ccc(O[C@H]2CCN(C(=O)CO)C[C@H]2F)c(C#N)c1. The number of aliphatic hydroxyl groups excluding tert-OH is 1. The highest BCUT2D eigenvalue weighted by Crippen LogP contribution is 2.26. The molecule has 1 amide bonds. The molecule has 1 aliphatic heterocycles. The molecule has 3 rings (SSSR count). The van der Waals surface area contributed by atoms with Crippen molar-refractivity contribution in [2.24, 2.45) is 15.0 Å². The summed E-state index contributed by atoms with van der Waals surface area (Å²) in [5.41, 5.74) is 0.714. The van der Waals surface area contributed by atoms with Crippen LogP contribution in [0.3, 0.4) is 0 Å². The number of likely N-dealkylation sites (tertiary alicyclic amines) is 1. The van der Waals surface area contributed by atoms with Gasteiger partial charge in [-0.3, -0.25) is 4.79 Å². The van der Waals surface area contributed by atoms with E-state index >= 15 is 0 Å². The predicted molar refractivity (Wildman–Crippen MR) is 120 cm³/mol. The van der Waals surface area contributed by atoms with Gasteiger partial charge in [-0.05, 0) is 31.8 Å². The van der Waals surface area contributed by atoms with Crippen LogP contribution < -0.4 is 4.74 Å². The number of aryl methyl sites for hydroxylation is 1. The van der Waals surface area contributed by atoms with Crippen LogP contribution in [0.2, 0.25) is 0 Å². The van der Waals surface area contributed by atoms with E-state index < -0.39 is 24.8 Å². The topological polar surface area (TPSA) is 124 Å². The molecule has 1 aromatic heterocycles. The summed E-state index contributed by atoms with van der Waals surface area (Å²) in [5, 5.41) is 20.1. The van der Waals surface area contributed by atoms with Crippen LogP contribution in [0.15, 0.2) is 39.4 Å². The van der Waals surface area contributed by atoms with E-state index in [-0.39, 0.29) is 36.7 Å². The number of amidine groups is 1. The Morgan fingerprint density at radius 1 is 1.56 bits per heavy atom. The molecule has 166 valence electrons. The van der Waals surface area contributed by atoms with E-state index in [0.29, 0.717) is 10.6 Å². The number of hydrogen-bond donors (Lipinski definition) is 1. The monoisotopic (exact) mass is 456 g/mol. The summed E-state index contributed by atoms with van der Waals surface area (Å²) in [6.07, 6.45) is 0.964. The molecule has 0 radical (unpaired) electrons. The lowest BCUT2D eigenvalue weighted by Gasteiger charge is -2.34. The first-order valence-corrected chi connectivity index (χ1v) is 10.5. The Bertz CT molecular complexity index is 1090. The minimum atomic E-state index is -1.44. The lowest BCUT2D eigenvalue weighted by molar-refractivity contribution is -0.138. The highest BCUT2D eigenvalue weighted by molar-refractivity contribution is 7.15. The highest BCUT2D eigenvalue weighted by atomic mass is 32.1. The molecule has 9 nitrogen and oxygen atoms in total. The van der Waals surface area contributed by atoms with Gasteiger partial charge in [-0.25, -0.2) is 24.4 Å². The molecular weight excluding hydrogens is 435 g/mol. The first kappa shape index (κ1) is 23.2. The Hall–Kier alpha value is -3.49. The molecule has 32 heavy (non-hydrogen) atoms. The number of aliphatic imine (C=N–C) groups is 3. The number of alkyl halides is 1. The van der Waals surface area contributed by atoms with Crippen LogP contribution in [-0.4, -0.2) is 71.8 Å². The van der Waals surface area contributed by atoms with Gasteiger partial charge in [-0.15, -0.1) is 0 Å². The van der Waals surface area contributed by atoms with Crippen molar-refractivity contribution in [3.63, 3.8) is 0 Å². The fourth-order valence-corrected chi connectivity index (χ4v) is 3.74. The average molecular weight is 457 g/mol. The van der Waals surface area contributed by atoms with Crippen molar-refractivity contribution in [1.82, 2.24) is 9.88 Å². The second kappa shape index (κ2) is 10.7. The number of benzene rings is 1. The normalized spacial score (nSPS) is 19.1. The fourth-order valence-electron chi connectivity index (χ4n) is 3.12. The zero-order chi connectivity index (χ0) is 23.1. The second-order valence-corrected chi connectivity index (χ2v) is 8.07. The maximum absolute atomic E-state index is 14.5. The van der Waals surface area contributed by atoms with Gasteiger partial charge in [-0.2, -0.15) is 5.26 Å². The minimum Gasteiger partial charge on any atom is -0.486 e. The Morgan fingerprint density at radius 3 is 3.00 bits per heavy atom. The summed E-state index contributed by atoms with van der Waals surface area (Å²) in [7, 11) is 0. The van der Waals surface area contributed by atoms with Gasteiger partial charge in [0.2, 0.25) is 5.91 Å². The highest BCUT2D eigenvalue weighted by Gasteiger charge is 2.33. The third-order valence-corrected chi connectivity index (χ3v) is 5.55. The zero-order valence-electron chi connectivity index (χ0n) is 17.3. The molecule has 1 N–H and O–H groups in total. The van der Waals surface area contributed by atoms with Gasteiger partial charge in [-0.1, -0.05) is 11.3 Å². The summed E-state index contributed by atoms with van der Waals surface area (Å²) in [5.74, 6) is -0.0359. The number of thiazole rings is 1. The number of piperidine rings is 1. The van der Waals surface area contributed by atoms with Crippen LogP contribution in [0.4, 0.5) is 9.39 Å². The molecule has 1 fully saturated rings. The Labute approximate surface area is 188 Å². The third kappa shape index (κ3) is 5.60. The van der Waals surface area contributed by atoms with E-state index in [2.05, 4.69) is 26.7 Å². The second-order valence-electron chi connectivity index (χ2n) is 6.85. The summed E-state index contributed by atoms with van der Waals surface area (Å²) >= 11 is 1.42. The van der Waals surface area contributed by atoms with Gasteiger partial charge in [0, 0.05) is 18.5 Å². The number of amides is 1. The summed E-state index contributed by atoms with van der Waals surface area (Å²) in [4.78, 5) is 29.2. The molecular formula is C21H21FN6O3S. The standard InChI is InChI=1S/C21H21FN6O3S/c1-13-25-9-19(32-13)26-12-27-21(24-2)14-3-4-17(15(7-14)8-23)31-18-5-6-28(10-16(18)22)20(30)11-29/h3-4,7,9,12,16,18,29H,2,5-6,10-11H2,1H3/b26-12-,27-21?/t16-,18+/m1/s1. The quantitative estimate of drug-likeness (QED) is 0.528. The first-order chi connectivity index (χ1) is 15.4. The van der Waals surface area contributed by atoms with Crippen molar-refractivity contribution >= 4 is 41.1 Å². The lowest BCUT2D eigenvalue weighted by Crippen LogP contribution is -2.50. The van der Waals surface area contributed by atoms with Crippen LogP contribution in [0.25, 0.3) is 0 Å². The molecule has 2 atom stereocenters. The molecule has 0 unspecified atom stereocenters. The number of hydrogen-bond acceptors (Lipinski definition) is 7. The molecule has 2 heterocycles. The number of rotatable bonds is 6. The van der Waals surface area contributed by atoms with E-state index in [1.807, 2.05) is 13.0 Å². The smallest absolute Gasteiger partial charge is 0.248 e. The number of nitrogens with zero attached hydrogens (tertiary/aromatic N) is 6. The number of carbonyl (C=O) groups excluding carboxylic acids is 1. The van der Waals surface area contributed by atoms with E-state index in [1.165, 1.54) is 28.6 Å². The number of aromatic nitrogens is 1. The van der Waals surface area contributed by atoms with Crippen LogP contribution >= 0.6 is 11.3 Å². The van der Waals surface area contributed by atoms with Crippen molar-refractivity contribution in [2.45, 2.75) is 25.6 Å². The van der Waals surface area contributed by atoms with Gasteiger partial charge in [0.1, 0.15) is 35.9 Å². The molecule has 1 saturated heterocycles. The molecule has 1 aliphatic rings. The molecule has 1 aromatic carbocycles. The largest absolute Gasteiger partial charge is 0.486 e. The average Bonchev–Trinajstić information content (AvgIpc) is 3.22. The lowest BCUT2D eigenvalue weighted by atomic mass is 10.0. The van der Waals surface area contributed by atoms with Crippen LogP contribution in [0.5, 0.6) is 5.75 Å². The third-order valence-electron chi connectivity index (χ3n) is 4.73. The summed E-state index contributed by atoms with van der Waals surface area (Å²) in [6, 6.07) is 6.77. The molecule has 0 bridgehead atoms. The van der Waals surface area contributed by atoms with Crippen molar-refractivity contribution in [3.8, 4) is 11.8 Å². The van der Waals surface area contributed by atoms with E-state index in [4.69, 9.17) is 9.84 Å². The van der Waals surface area contributed by atoms with Gasteiger partial charge in [0.15, 0.2) is 12.0 Å². The first-order valence-electron chi connectivity index (χ1n) is 9.68. The van der Waals surface area contributed by atoms with Crippen LogP contribution in [-0.2, 0) is 4.79 Å². The Morgan fingerprint density at radius 2 is 2.38 bits per heavy atom. The molecule has 0 spiro atoms. The number of carbonyl (C=O) groups is 1. The van der Waals surface area contributed by atoms with Crippen molar-refractivity contribution in [1.29, 1.82) is 5.26 Å². The predicted octanol–water partition coefficient (Wildman–Crippen LogP) is 2.44. The van der Waals surface area contributed by atoms with Crippen molar-refractivity contribution in [3.05, 3.63) is 40.5 Å². The van der Waals surface area contributed by atoms with Crippen LogP contribution in [0, 0.1) is 18.3 Å². The van der Waals surface area contributed by atoms with E-state index in [0.717, 1.165) is 5.01 Å². The Balaban J connectivity index is 1.73. The molecule has 0 saturated carbocycles. The Kier molecular flexibility index (Phi) is 7.75. The molecule has 2 aromatic rings. The number of nitriles is 1. The zero-order valence-corrected chi connectivity index (χ0v) is 18.1. The van der Waals surface area contributed by atoms with E-state index in [1.54, 1.807) is 18.3 Å². The number of aliphatic hydroxyl groups is 1. The fraction of sp³-hybridized carbons (Fsp3) is 0.333. The summed E-state index contributed by atoms with van der Waals surface area (Å²) < 4.78 is 20.3. The summed E-state index contributed by atoms with van der Waals surface area (Å²) in [6.45, 7) is 4.82. The maximum atomic E-state index is 14.5. The van der Waals surface area contributed by atoms with Gasteiger partial charge >= 0.3 is 0 Å². The maximum Gasteiger partial charge on any atom is 0.248 e. The van der Waals surface area contributed by atoms with Gasteiger partial charge in [0.05, 0.1) is 23.3 Å². The van der Waals surface area contributed by atoms with Crippen molar-refractivity contribution in [2.75, 3.05) is 19.7 Å². The van der Waals surface area contributed by atoms with E-state index in [9.17, 15) is 14.4 Å². The van der Waals surface area contributed by atoms with Crippen LogP contribution in [0.1, 0.15) is 22.6 Å². The van der Waals surface area contributed by atoms with Gasteiger partial charge < -0.3 is 14.7 Å².